The zero-order chi connectivity index (χ0) is 14.8. The van der Waals surface area contributed by atoms with E-state index in [0.717, 1.165) is 18.8 Å². The van der Waals surface area contributed by atoms with Crippen molar-refractivity contribution in [2.24, 2.45) is 11.8 Å². The summed E-state index contributed by atoms with van der Waals surface area (Å²) >= 11 is 0. The zero-order valence-corrected chi connectivity index (χ0v) is 13.2. The molecule has 1 unspecified atom stereocenters. The summed E-state index contributed by atoms with van der Waals surface area (Å²) in [5, 5.41) is 0. The number of nitrogens with one attached hydrogen (secondary N) is 1. The Bertz CT molecular complexity index is 450. The summed E-state index contributed by atoms with van der Waals surface area (Å²) in [6.45, 7) is 6.60. The summed E-state index contributed by atoms with van der Waals surface area (Å²) < 4.78 is 5.96. The van der Waals surface area contributed by atoms with Gasteiger partial charge in [0.1, 0.15) is 0 Å². The van der Waals surface area contributed by atoms with E-state index in [2.05, 4.69) is 44.4 Å². The van der Waals surface area contributed by atoms with E-state index in [-0.39, 0.29) is 11.6 Å². The standard InChI is InChI=1S/C17H28N2O/c1-12-7-9-17(20-4,10-8-12)16(19-18)15-6-5-13(2)14(3)11-15/h5-6,11-12,16,19H,7-10,18H2,1-4H3. The van der Waals surface area contributed by atoms with E-state index < -0.39 is 0 Å². The Morgan fingerprint density at radius 2 is 1.90 bits per heavy atom. The highest BCUT2D eigenvalue weighted by Gasteiger charge is 2.42. The molecule has 1 fully saturated rings. The smallest absolute Gasteiger partial charge is 0.0885 e. The van der Waals surface area contributed by atoms with E-state index in [4.69, 9.17) is 10.6 Å². The van der Waals surface area contributed by atoms with Gasteiger partial charge in [-0.1, -0.05) is 25.1 Å². The number of hydrogen-bond acceptors (Lipinski definition) is 3. The van der Waals surface area contributed by atoms with Crippen LogP contribution in [0.25, 0.3) is 0 Å². The van der Waals surface area contributed by atoms with Crippen molar-refractivity contribution in [3.63, 3.8) is 0 Å². The average Bonchev–Trinajstić information content (AvgIpc) is 2.46. The SMILES string of the molecule is COC1(C(NN)c2ccc(C)c(C)c2)CCC(C)CC1. The van der Waals surface area contributed by atoms with E-state index in [1.165, 1.54) is 29.5 Å². The number of aryl methyl sites for hydroxylation is 2. The fourth-order valence-corrected chi connectivity index (χ4v) is 3.36. The number of benzene rings is 1. The molecule has 1 aliphatic rings. The molecule has 1 atom stereocenters. The highest BCUT2D eigenvalue weighted by atomic mass is 16.5. The van der Waals surface area contributed by atoms with E-state index >= 15 is 0 Å². The van der Waals surface area contributed by atoms with Gasteiger partial charge in [-0.2, -0.15) is 0 Å². The Balaban J connectivity index is 2.31. The van der Waals surface area contributed by atoms with Crippen LogP contribution >= 0.6 is 0 Å². The number of hydrazine groups is 1. The Labute approximate surface area is 122 Å². The Hall–Kier alpha value is -0.900. The predicted octanol–water partition coefficient (Wildman–Crippen LogP) is 3.40. The van der Waals surface area contributed by atoms with Crippen LogP contribution in [0.1, 0.15) is 55.3 Å². The monoisotopic (exact) mass is 276 g/mol. The maximum absolute atomic E-state index is 5.96. The van der Waals surface area contributed by atoms with Gasteiger partial charge in [0.05, 0.1) is 11.6 Å². The third-order valence-corrected chi connectivity index (χ3v) is 5.08. The molecule has 20 heavy (non-hydrogen) atoms. The third-order valence-electron chi connectivity index (χ3n) is 5.08. The first-order chi connectivity index (χ1) is 9.52. The van der Waals surface area contributed by atoms with Gasteiger partial charge in [-0.3, -0.25) is 11.3 Å². The minimum absolute atomic E-state index is 0.0549. The first-order valence-corrected chi connectivity index (χ1v) is 7.61. The maximum atomic E-state index is 5.96. The zero-order valence-electron chi connectivity index (χ0n) is 13.2. The summed E-state index contributed by atoms with van der Waals surface area (Å²) in [7, 11) is 1.82. The number of ether oxygens (including phenoxy) is 1. The van der Waals surface area contributed by atoms with Crippen molar-refractivity contribution in [2.45, 2.75) is 58.1 Å². The van der Waals surface area contributed by atoms with Gasteiger partial charge in [0.15, 0.2) is 0 Å². The van der Waals surface area contributed by atoms with Crippen LogP contribution in [0, 0.1) is 19.8 Å². The van der Waals surface area contributed by atoms with Crippen LogP contribution in [0.5, 0.6) is 0 Å². The highest BCUT2D eigenvalue weighted by molar-refractivity contribution is 5.33. The Kier molecular flexibility index (Phi) is 4.84. The topological polar surface area (TPSA) is 47.3 Å². The Morgan fingerprint density at radius 3 is 2.40 bits per heavy atom. The van der Waals surface area contributed by atoms with Crippen LogP contribution in [-0.4, -0.2) is 12.7 Å². The molecule has 3 N–H and O–H groups in total. The maximum Gasteiger partial charge on any atom is 0.0885 e. The fourth-order valence-electron chi connectivity index (χ4n) is 3.36. The van der Waals surface area contributed by atoms with Gasteiger partial charge in [-0.25, -0.2) is 0 Å². The van der Waals surface area contributed by atoms with E-state index in [0.29, 0.717) is 0 Å². The van der Waals surface area contributed by atoms with Crippen LogP contribution in [0.15, 0.2) is 18.2 Å². The van der Waals surface area contributed by atoms with Crippen molar-refractivity contribution in [1.29, 1.82) is 0 Å². The van der Waals surface area contributed by atoms with Gasteiger partial charge in [-0.15, -0.1) is 0 Å². The molecule has 0 spiro atoms. The van der Waals surface area contributed by atoms with Crippen molar-refractivity contribution in [1.82, 2.24) is 5.43 Å². The highest BCUT2D eigenvalue weighted by Crippen LogP contribution is 2.42. The molecule has 0 aromatic heterocycles. The van der Waals surface area contributed by atoms with Crippen LogP contribution < -0.4 is 11.3 Å². The van der Waals surface area contributed by atoms with Gasteiger partial charge in [0.25, 0.3) is 0 Å². The minimum Gasteiger partial charge on any atom is -0.376 e. The lowest BCUT2D eigenvalue weighted by atomic mass is 9.73. The molecule has 0 bridgehead atoms. The molecule has 1 aromatic carbocycles. The molecule has 112 valence electrons. The molecule has 0 saturated heterocycles. The van der Waals surface area contributed by atoms with E-state index in [1.807, 2.05) is 7.11 Å². The van der Waals surface area contributed by atoms with Gasteiger partial charge in [0, 0.05) is 7.11 Å². The molecular weight excluding hydrogens is 248 g/mol. The lowest BCUT2D eigenvalue weighted by Gasteiger charge is -2.44. The minimum atomic E-state index is -0.178. The molecule has 0 heterocycles. The van der Waals surface area contributed by atoms with Gasteiger partial charge in [-0.05, 0) is 62.1 Å². The van der Waals surface area contributed by atoms with Crippen LogP contribution in [0.3, 0.4) is 0 Å². The van der Waals surface area contributed by atoms with Crippen LogP contribution in [-0.2, 0) is 4.74 Å². The molecule has 1 saturated carbocycles. The second-order valence-corrected chi connectivity index (χ2v) is 6.39. The molecule has 3 heteroatoms. The van der Waals surface area contributed by atoms with Gasteiger partial charge >= 0.3 is 0 Å². The van der Waals surface area contributed by atoms with Crippen molar-refractivity contribution in [3.8, 4) is 0 Å². The summed E-state index contributed by atoms with van der Waals surface area (Å²) in [6, 6.07) is 6.63. The van der Waals surface area contributed by atoms with Crippen molar-refractivity contribution in [2.75, 3.05) is 7.11 Å². The average molecular weight is 276 g/mol. The molecule has 0 radical (unpaired) electrons. The number of rotatable bonds is 4. The first kappa shape index (κ1) is 15.5. The van der Waals surface area contributed by atoms with E-state index in [1.54, 1.807) is 0 Å². The summed E-state index contributed by atoms with van der Waals surface area (Å²) in [5.41, 5.74) is 6.68. The largest absolute Gasteiger partial charge is 0.376 e. The third kappa shape index (κ3) is 2.90. The lowest BCUT2D eigenvalue weighted by Crippen LogP contribution is -2.50. The molecule has 3 nitrogen and oxygen atoms in total. The second-order valence-electron chi connectivity index (χ2n) is 6.39. The lowest BCUT2D eigenvalue weighted by molar-refractivity contribution is -0.0761. The van der Waals surface area contributed by atoms with Crippen molar-refractivity contribution < 1.29 is 4.74 Å². The number of nitrogens with two attached hydrogens (primary N) is 1. The summed E-state index contributed by atoms with van der Waals surface area (Å²) in [5.74, 6) is 6.68. The summed E-state index contributed by atoms with van der Waals surface area (Å²) in [4.78, 5) is 0. The molecule has 2 rings (SSSR count). The molecule has 0 amide bonds. The summed E-state index contributed by atoms with van der Waals surface area (Å²) in [6.07, 6.45) is 4.53. The fraction of sp³-hybridized carbons (Fsp3) is 0.647. The molecule has 1 aromatic rings. The van der Waals surface area contributed by atoms with Gasteiger partial charge < -0.3 is 4.74 Å². The van der Waals surface area contributed by atoms with Gasteiger partial charge in [0.2, 0.25) is 0 Å². The van der Waals surface area contributed by atoms with Crippen molar-refractivity contribution in [3.05, 3.63) is 34.9 Å². The predicted molar refractivity (Wildman–Crippen MR) is 83.4 cm³/mol. The quantitative estimate of drug-likeness (QED) is 0.654. The molecule has 0 aliphatic heterocycles. The Morgan fingerprint density at radius 1 is 1.25 bits per heavy atom. The van der Waals surface area contributed by atoms with E-state index in [9.17, 15) is 0 Å². The molecule has 1 aliphatic carbocycles. The second kappa shape index (κ2) is 6.25. The first-order valence-electron chi connectivity index (χ1n) is 7.61. The normalized spacial score (nSPS) is 28.4. The molecular formula is C17H28N2O. The van der Waals surface area contributed by atoms with Crippen molar-refractivity contribution >= 4 is 0 Å². The number of hydrogen-bond donors (Lipinski definition) is 2. The number of methoxy groups -OCH3 is 1. The van der Waals surface area contributed by atoms with Crippen LogP contribution in [0.4, 0.5) is 0 Å². The van der Waals surface area contributed by atoms with Crippen LogP contribution in [0.2, 0.25) is 0 Å².